The van der Waals surface area contributed by atoms with Crippen molar-refractivity contribution in [3.05, 3.63) is 29.1 Å². The summed E-state index contributed by atoms with van der Waals surface area (Å²) in [6, 6.07) is 9.87. The van der Waals surface area contributed by atoms with Crippen LogP contribution >= 0.6 is 11.3 Å². The van der Waals surface area contributed by atoms with Crippen LogP contribution in [0.1, 0.15) is 30.6 Å². The molecule has 5 nitrogen and oxygen atoms in total. The van der Waals surface area contributed by atoms with E-state index < -0.39 is 5.41 Å². The number of aromatic nitrogens is 1. The van der Waals surface area contributed by atoms with E-state index >= 15 is 0 Å². The molecule has 0 bridgehead atoms. The van der Waals surface area contributed by atoms with Gasteiger partial charge < -0.3 is 10.1 Å². The second kappa shape index (κ2) is 6.62. The van der Waals surface area contributed by atoms with Gasteiger partial charge in [-0.15, -0.1) is 11.3 Å². The smallest absolute Gasteiger partial charge is 0.246 e. The number of rotatable bonds is 4. The Morgan fingerprint density at radius 1 is 1.33 bits per heavy atom. The van der Waals surface area contributed by atoms with Gasteiger partial charge in [-0.2, -0.15) is 5.26 Å². The number of nitrogens with one attached hydrogen (secondary N) is 1. The van der Waals surface area contributed by atoms with Gasteiger partial charge in [-0.05, 0) is 44.0 Å². The van der Waals surface area contributed by atoms with E-state index in [2.05, 4.69) is 16.4 Å². The second-order valence-electron chi connectivity index (χ2n) is 6.01. The van der Waals surface area contributed by atoms with E-state index in [1.165, 1.54) is 11.3 Å². The SMILES string of the molecule is COc1ccc(-c2nc(NC(=O)C3(C#N)CCCC3)sc2C)cc1. The number of nitriles is 1. The molecule has 0 atom stereocenters. The molecule has 0 unspecified atom stereocenters. The molecule has 1 N–H and O–H groups in total. The number of amides is 1. The first-order chi connectivity index (χ1) is 11.6. The molecule has 1 aromatic heterocycles. The molecule has 1 fully saturated rings. The van der Waals surface area contributed by atoms with Crippen molar-refractivity contribution in [2.75, 3.05) is 12.4 Å². The Bertz CT molecular complexity index is 784. The number of thiazole rings is 1. The fraction of sp³-hybridized carbons (Fsp3) is 0.389. The molecular weight excluding hydrogens is 322 g/mol. The molecule has 1 aliphatic carbocycles. The molecule has 6 heteroatoms. The monoisotopic (exact) mass is 341 g/mol. The van der Waals surface area contributed by atoms with Crippen molar-refractivity contribution in [1.29, 1.82) is 5.26 Å². The van der Waals surface area contributed by atoms with Gasteiger partial charge in [-0.1, -0.05) is 12.8 Å². The van der Waals surface area contributed by atoms with Gasteiger partial charge in [0.1, 0.15) is 11.2 Å². The van der Waals surface area contributed by atoms with E-state index in [1.807, 2.05) is 31.2 Å². The molecular formula is C18H19N3O2S. The molecule has 24 heavy (non-hydrogen) atoms. The Morgan fingerprint density at radius 3 is 2.58 bits per heavy atom. The predicted molar refractivity (Wildman–Crippen MR) is 94.0 cm³/mol. The third kappa shape index (κ3) is 3.00. The van der Waals surface area contributed by atoms with E-state index in [-0.39, 0.29) is 5.91 Å². The predicted octanol–water partition coefficient (Wildman–Crippen LogP) is 4.15. The lowest BCUT2D eigenvalue weighted by Gasteiger charge is -2.17. The Hall–Kier alpha value is -2.39. The lowest BCUT2D eigenvalue weighted by Crippen LogP contribution is -2.32. The number of carbonyl (C=O) groups excluding carboxylic acids is 1. The quantitative estimate of drug-likeness (QED) is 0.906. The van der Waals surface area contributed by atoms with Crippen LogP contribution in [0, 0.1) is 23.7 Å². The lowest BCUT2D eigenvalue weighted by atomic mass is 9.87. The fourth-order valence-corrected chi connectivity index (χ4v) is 3.88. The first kappa shape index (κ1) is 16.5. The van der Waals surface area contributed by atoms with E-state index in [9.17, 15) is 10.1 Å². The number of aryl methyl sites for hydroxylation is 1. The van der Waals surface area contributed by atoms with Crippen LogP contribution in [0.25, 0.3) is 11.3 Å². The summed E-state index contributed by atoms with van der Waals surface area (Å²) in [6.07, 6.45) is 3.11. The zero-order valence-electron chi connectivity index (χ0n) is 13.8. The zero-order valence-corrected chi connectivity index (χ0v) is 14.6. The first-order valence-corrected chi connectivity index (χ1v) is 8.74. The molecule has 0 spiro atoms. The standard InChI is InChI=1S/C18H19N3O2S/c1-12-15(13-5-7-14(23-2)8-6-13)20-17(24-12)21-16(22)18(11-19)9-3-4-10-18/h5-8H,3-4,9-10H2,1-2H3,(H,20,21,22). The van der Waals surface area contributed by atoms with Crippen LogP contribution in [0.4, 0.5) is 5.13 Å². The van der Waals surface area contributed by atoms with Gasteiger partial charge in [0.2, 0.25) is 5.91 Å². The van der Waals surface area contributed by atoms with Gasteiger partial charge >= 0.3 is 0 Å². The van der Waals surface area contributed by atoms with Crippen LogP contribution in [0.5, 0.6) is 5.75 Å². The maximum absolute atomic E-state index is 12.5. The highest BCUT2D eigenvalue weighted by Crippen LogP contribution is 2.39. The Balaban J connectivity index is 1.81. The molecule has 1 amide bonds. The van der Waals surface area contributed by atoms with Crippen LogP contribution in [0.2, 0.25) is 0 Å². The number of hydrogen-bond donors (Lipinski definition) is 1. The van der Waals surface area contributed by atoms with Gasteiger partial charge in [-0.3, -0.25) is 4.79 Å². The molecule has 1 heterocycles. The number of nitrogens with zero attached hydrogens (tertiary/aromatic N) is 2. The average molecular weight is 341 g/mol. The van der Waals surface area contributed by atoms with E-state index in [0.717, 1.165) is 34.7 Å². The zero-order chi connectivity index (χ0) is 17.2. The molecule has 0 saturated heterocycles. The summed E-state index contributed by atoms with van der Waals surface area (Å²) < 4.78 is 5.17. The summed E-state index contributed by atoms with van der Waals surface area (Å²) in [5, 5.41) is 12.8. The molecule has 1 aromatic carbocycles. The Labute approximate surface area is 145 Å². The third-order valence-corrected chi connectivity index (χ3v) is 5.37. The van der Waals surface area contributed by atoms with Gasteiger partial charge in [0.05, 0.1) is 18.9 Å². The fourth-order valence-electron chi connectivity index (χ4n) is 3.05. The normalized spacial score (nSPS) is 15.7. The molecule has 1 saturated carbocycles. The topological polar surface area (TPSA) is 75.0 Å². The van der Waals surface area contributed by atoms with Crippen molar-refractivity contribution in [3.63, 3.8) is 0 Å². The Morgan fingerprint density at radius 2 is 2.00 bits per heavy atom. The lowest BCUT2D eigenvalue weighted by molar-refractivity contribution is -0.122. The van der Waals surface area contributed by atoms with Crippen molar-refractivity contribution in [2.45, 2.75) is 32.6 Å². The third-order valence-electron chi connectivity index (χ3n) is 4.49. The molecule has 0 aliphatic heterocycles. The summed E-state index contributed by atoms with van der Waals surface area (Å²) >= 11 is 1.43. The summed E-state index contributed by atoms with van der Waals surface area (Å²) in [7, 11) is 1.63. The first-order valence-electron chi connectivity index (χ1n) is 7.92. The average Bonchev–Trinajstić information content (AvgIpc) is 3.22. The molecule has 124 valence electrons. The summed E-state index contributed by atoms with van der Waals surface area (Å²) in [4.78, 5) is 18.1. The minimum atomic E-state index is -0.889. The summed E-state index contributed by atoms with van der Waals surface area (Å²) in [6.45, 7) is 1.97. The number of methoxy groups -OCH3 is 1. The largest absolute Gasteiger partial charge is 0.497 e. The summed E-state index contributed by atoms with van der Waals surface area (Å²) in [5.41, 5.74) is 0.927. The van der Waals surface area contributed by atoms with Gasteiger partial charge in [0, 0.05) is 10.4 Å². The number of hydrogen-bond acceptors (Lipinski definition) is 5. The maximum Gasteiger partial charge on any atom is 0.246 e. The second-order valence-corrected chi connectivity index (χ2v) is 7.21. The minimum absolute atomic E-state index is 0.225. The van der Waals surface area contributed by atoms with Crippen LogP contribution < -0.4 is 10.1 Å². The van der Waals surface area contributed by atoms with Crippen molar-refractivity contribution in [3.8, 4) is 23.1 Å². The molecule has 2 aromatic rings. The highest BCUT2D eigenvalue weighted by atomic mass is 32.1. The van der Waals surface area contributed by atoms with Crippen molar-refractivity contribution in [2.24, 2.45) is 5.41 Å². The van der Waals surface area contributed by atoms with Gasteiger partial charge in [0.25, 0.3) is 0 Å². The summed E-state index contributed by atoms with van der Waals surface area (Å²) in [5.74, 6) is 0.565. The van der Waals surface area contributed by atoms with Crippen LogP contribution in [0.15, 0.2) is 24.3 Å². The highest BCUT2D eigenvalue weighted by Gasteiger charge is 2.41. The molecule has 0 radical (unpaired) electrons. The molecule has 1 aliphatic rings. The Kier molecular flexibility index (Phi) is 4.54. The number of anilines is 1. The maximum atomic E-state index is 12.5. The van der Waals surface area contributed by atoms with Gasteiger partial charge in [0.15, 0.2) is 5.13 Å². The van der Waals surface area contributed by atoms with Crippen molar-refractivity contribution >= 4 is 22.4 Å². The van der Waals surface area contributed by atoms with Crippen LogP contribution in [-0.2, 0) is 4.79 Å². The minimum Gasteiger partial charge on any atom is -0.497 e. The van der Waals surface area contributed by atoms with E-state index in [1.54, 1.807) is 7.11 Å². The van der Waals surface area contributed by atoms with Crippen molar-refractivity contribution < 1.29 is 9.53 Å². The van der Waals surface area contributed by atoms with Crippen molar-refractivity contribution in [1.82, 2.24) is 4.98 Å². The highest BCUT2D eigenvalue weighted by molar-refractivity contribution is 7.16. The van der Waals surface area contributed by atoms with Gasteiger partial charge in [-0.25, -0.2) is 4.98 Å². The van der Waals surface area contributed by atoms with E-state index in [4.69, 9.17) is 4.74 Å². The van der Waals surface area contributed by atoms with Crippen LogP contribution in [-0.4, -0.2) is 18.0 Å². The molecule has 3 rings (SSSR count). The van der Waals surface area contributed by atoms with E-state index in [0.29, 0.717) is 18.0 Å². The number of ether oxygens (including phenoxy) is 1. The number of benzene rings is 1. The van der Waals surface area contributed by atoms with Crippen LogP contribution in [0.3, 0.4) is 0 Å². The number of carbonyl (C=O) groups is 1.